The van der Waals surface area contributed by atoms with E-state index >= 15 is 0 Å². The Balaban J connectivity index is 2.70. The smallest absolute Gasteiger partial charge is 0.269 e. The normalized spacial score (nSPS) is 10.3. The van der Waals surface area contributed by atoms with Crippen LogP contribution in [-0.4, -0.2) is 36.4 Å². The molecule has 0 bridgehead atoms. The molecule has 0 aliphatic heterocycles. The van der Waals surface area contributed by atoms with Crippen molar-refractivity contribution in [2.75, 3.05) is 21.3 Å². The molecule has 1 aromatic heterocycles. The van der Waals surface area contributed by atoms with Gasteiger partial charge in [0.1, 0.15) is 16.0 Å². The predicted molar refractivity (Wildman–Crippen MR) is 79.3 cm³/mol. The van der Waals surface area contributed by atoms with Crippen LogP contribution in [0.25, 0.3) is 11.4 Å². The number of halogens is 1. The summed E-state index contributed by atoms with van der Waals surface area (Å²) in [6.07, 6.45) is 0. The van der Waals surface area contributed by atoms with Gasteiger partial charge in [0, 0.05) is 6.07 Å². The molecule has 21 heavy (non-hydrogen) atoms. The van der Waals surface area contributed by atoms with Gasteiger partial charge in [0.2, 0.25) is 5.88 Å². The second-order valence-electron chi connectivity index (χ2n) is 3.96. The first kappa shape index (κ1) is 15.2. The third-order valence-electron chi connectivity index (χ3n) is 2.81. The lowest BCUT2D eigenvalue weighted by molar-refractivity contribution is 0.349. The highest BCUT2D eigenvalue weighted by atomic mass is 79.9. The van der Waals surface area contributed by atoms with Crippen LogP contribution in [0.5, 0.6) is 23.1 Å². The minimum absolute atomic E-state index is 0.0364. The summed E-state index contributed by atoms with van der Waals surface area (Å²) < 4.78 is 15.6. The number of nitrogens with one attached hydrogen (secondary N) is 1. The van der Waals surface area contributed by atoms with Gasteiger partial charge in [-0.15, -0.1) is 0 Å². The Labute approximate surface area is 128 Å². The van der Waals surface area contributed by atoms with Gasteiger partial charge in [0.05, 0.1) is 26.9 Å². The molecule has 0 amide bonds. The topological polar surface area (TPSA) is 93.7 Å². The molecule has 0 unspecified atom stereocenters. The molecule has 0 saturated carbocycles. The third kappa shape index (κ3) is 2.80. The lowest BCUT2D eigenvalue weighted by Crippen LogP contribution is -2.10. The van der Waals surface area contributed by atoms with Gasteiger partial charge in [0.25, 0.3) is 5.56 Å². The highest BCUT2D eigenvalue weighted by Crippen LogP contribution is 2.39. The Bertz CT molecular complexity index is 729. The molecule has 0 aliphatic carbocycles. The molecule has 2 rings (SSSR count). The molecule has 0 radical (unpaired) electrons. The predicted octanol–water partition coefficient (Wildman–Crippen LogP) is 1.93. The number of H-pyrrole nitrogens is 1. The zero-order valence-corrected chi connectivity index (χ0v) is 13.1. The summed E-state index contributed by atoms with van der Waals surface area (Å²) in [5.41, 5.74) is -0.0515. The number of benzene rings is 1. The van der Waals surface area contributed by atoms with Gasteiger partial charge >= 0.3 is 0 Å². The molecule has 2 N–H and O–H groups in total. The Morgan fingerprint density at radius 1 is 1.10 bits per heavy atom. The van der Waals surface area contributed by atoms with E-state index in [1.54, 1.807) is 12.1 Å². The molecule has 0 aliphatic rings. The maximum atomic E-state index is 11.7. The van der Waals surface area contributed by atoms with Gasteiger partial charge in [-0.3, -0.25) is 4.79 Å². The van der Waals surface area contributed by atoms with Crippen molar-refractivity contribution in [2.24, 2.45) is 0 Å². The highest BCUT2D eigenvalue weighted by Gasteiger charge is 2.17. The summed E-state index contributed by atoms with van der Waals surface area (Å²) in [6.45, 7) is 0. The second-order valence-corrected chi connectivity index (χ2v) is 4.75. The van der Waals surface area contributed by atoms with E-state index in [1.807, 2.05) is 0 Å². The van der Waals surface area contributed by atoms with Crippen molar-refractivity contribution in [1.29, 1.82) is 0 Å². The summed E-state index contributed by atoms with van der Waals surface area (Å²) >= 11 is 2.94. The molecule has 0 spiro atoms. The van der Waals surface area contributed by atoms with Crippen molar-refractivity contribution >= 4 is 15.9 Å². The van der Waals surface area contributed by atoms with E-state index in [2.05, 4.69) is 25.9 Å². The number of rotatable bonds is 4. The maximum absolute atomic E-state index is 11.7. The van der Waals surface area contributed by atoms with Gasteiger partial charge in [-0.2, -0.15) is 4.98 Å². The van der Waals surface area contributed by atoms with Crippen LogP contribution in [0.2, 0.25) is 0 Å². The van der Waals surface area contributed by atoms with Crippen LogP contribution < -0.4 is 19.8 Å². The Kier molecular flexibility index (Phi) is 4.37. The number of methoxy groups -OCH3 is 3. The van der Waals surface area contributed by atoms with E-state index in [1.165, 1.54) is 21.3 Å². The number of hydrogen-bond donors (Lipinski definition) is 2. The molecule has 1 heterocycles. The van der Waals surface area contributed by atoms with Crippen LogP contribution in [0.3, 0.4) is 0 Å². The van der Waals surface area contributed by atoms with E-state index in [0.717, 1.165) is 0 Å². The van der Waals surface area contributed by atoms with Crippen molar-refractivity contribution in [3.05, 3.63) is 27.0 Å². The monoisotopic (exact) mass is 356 g/mol. The minimum Gasteiger partial charge on any atom is -0.496 e. The quantitative estimate of drug-likeness (QED) is 0.869. The molecule has 0 atom stereocenters. The number of hydrogen-bond acceptors (Lipinski definition) is 6. The van der Waals surface area contributed by atoms with Gasteiger partial charge < -0.3 is 24.3 Å². The van der Waals surface area contributed by atoms with Gasteiger partial charge in [-0.1, -0.05) is 0 Å². The summed E-state index contributed by atoms with van der Waals surface area (Å²) in [6, 6.07) is 3.20. The second kappa shape index (κ2) is 6.04. The SMILES string of the molecule is COc1cc(OC)c(-c2nc(O)c(Br)c(=O)[nH]2)cc1OC. The van der Waals surface area contributed by atoms with Crippen LogP contribution in [0.4, 0.5) is 0 Å². The molecular formula is C13H13BrN2O5. The number of aromatic hydroxyl groups is 1. The number of ether oxygens (including phenoxy) is 3. The molecule has 2 aromatic rings. The summed E-state index contributed by atoms with van der Waals surface area (Å²) in [5.74, 6) is 1.07. The van der Waals surface area contributed by atoms with Gasteiger partial charge in [0.15, 0.2) is 11.5 Å². The van der Waals surface area contributed by atoms with Crippen LogP contribution in [0.1, 0.15) is 0 Å². The van der Waals surface area contributed by atoms with E-state index < -0.39 is 11.4 Å². The van der Waals surface area contributed by atoms with Crippen molar-refractivity contribution in [1.82, 2.24) is 9.97 Å². The van der Waals surface area contributed by atoms with Crippen LogP contribution in [0, 0.1) is 0 Å². The standard InChI is InChI=1S/C13H13BrN2O5/c1-19-7-5-9(21-3)8(20-2)4-6(7)11-15-12(17)10(14)13(18)16-11/h4-5H,1-3H3,(H2,15,16,17,18). The Morgan fingerprint density at radius 3 is 2.19 bits per heavy atom. The Hall–Kier alpha value is -2.22. The molecule has 112 valence electrons. The summed E-state index contributed by atoms with van der Waals surface area (Å²) in [5, 5.41) is 9.66. The van der Waals surface area contributed by atoms with Crippen LogP contribution in [-0.2, 0) is 0 Å². The zero-order valence-electron chi connectivity index (χ0n) is 11.6. The lowest BCUT2D eigenvalue weighted by Gasteiger charge is -2.13. The summed E-state index contributed by atoms with van der Waals surface area (Å²) in [4.78, 5) is 18.2. The van der Waals surface area contributed by atoms with Crippen molar-refractivity contribution in [3.8, 4) is 34.5 Å². The maximum Gasteiger partial charge on any atom is 0.269 e. The van der Waals surface area contributed by atoms with E-state index in [4.69, 9.17) is 14.2 Å². The highest BCUT2D eigenvalue weighted by molar-refractivity contribution is 9.10. The largest absolute Gasteiger partial charge is 0.496 e. The van der Waals surface area contributed by atoms with Crippen molar-refractivity contribution in [2.45, 2.75) is 0 Å². The average molecular weight is 357 g/mol. The number of aromatic nitrogens is 2. The first-order valence-electron chi connectivity index (χ1n) is 5.81. The van der Waals surface area contributed by atoms with E-state index in [0.29, 0.717) is 22.8 Å². The van der Waals surface area contributed by atoms with E-state index in [-0.39, 0.29) is 10.3 Å². The molecule has 0 fully saturated rings. The zero-order chi connectivity index (χ0) is 15.6. The third-order valence-corrected chi connectivity index (χ3v) is 3.52. The number of nitrogens with zero attached hydrogens (tertiary/aromatic N) is 1. The fourth-order valence-corrected chi connectivity index (χ4v) is 1.98. The van der Waals surface area contributed by atoms with E-state index in [9.17, 15) is 9.90 Å². The lowest BCUT2D eigenvalue weighted by atomic mass is 10.1. The Morgan fingerprint density at radius 2 is 1.67 bits per heavy atom. The van der Waals surface area contributed by atoms with Gasteiger partial charge in [-0.05, 0) is 22.0 Å². The first-order valence-corrected chi connectivity index (χ1v) is 6.60. The fraction of sp³-hybridized carbons (Fsp3) is 0.231. The average Bonchev–Trinajstić information content (AvgIpc) is 2.50. The summed E-state index contributed by atoms with van der Waals surface area (Å²) in [7, 11) is 4.47. The minimum atomic E-state index is -0.505. The first-order chi connectivity index (χ1) is 10.0. The molecule has 1 aromatic carbocycles. The molecular weight excluding hydrogens is 344 g/mol. The number of aromatic amines is 1. The van der Waals surface area contributed by atoms with Crippen molar-refractivity contribution in [3.63, 3.8) is 0 Å². The van der Waals surface area contributed by atoms with Crippen LogP contribution in [0.15, 0.2) is 21.4 Å². The molecule has 8 heteroatoms. The van der Waals surface area contributed by atoms with Gasteiger partial charge in [-0.25, -0.2) is 0 Å². The molecule has 7 nitrogen and oxygen atoms in total. The van der Waals surface area contributed by atoms with Crippen molar-refractivity contribution < 1.29 is 19.3 Å². The molecule has 0 saturated heterocycles. The van der Waals surface area contributed by atoms with Crippen LogP contribution >= 0.6 is 15.9 Å². The fourth-order valence-electron chi connectivity index (χ4n) is 1.79.